The lowest BCUT2D eigenvalue weighted by Crippen LogP contribution is -2.16. The van der Waals surface area contributed by atoms with Crippen molar-refractivity contribution in [2.45, 2.75) is 26.3 Å². The van der Waals surface area contributed by atoms with Gasteiger partial charge >= 0.3 is 5.97 Å². The number of ketones is 1. The molecule has 10 nitrogen and oxygen atoms in total. The summed E-state index contributed by atoms with van der Waals surface area (Å²) in [7, 11) is 9.27. The van der Waals surface area contributed by atoms with Crippen molar-refractivity contribution in [3.8, 4) is 34.1 Å². The number of carbonyl (C=O) groups is 2. The van der Waals surface area contributed by atoms with E-state index in [4.69, 9.17) is 33.2 Å². The fourth-order valence-corrected chi connectivity index (χ4v) is 5.54. The number of hydrogen-bond acceptors (Lipinski definition) is 9. The number of ether oxygens (including phenoxy) is 7. The van der Waals surface area contributed by atoms with Crippen molar-refractivity contribution >= 4 is 11.8 Å². The van der Waals surface area contributed by atoms with Gasteiger partial charge in [0.15, 0.2) is 34.5 Å². The second kappa shape index (κ2) is 12.6. The summed E-state index contributed by atoms with van der Waals surface area (Å²) in [6, 6.07) is 10.6. The van der Waals surface area contributed by atoms with Gasteiger partial charge in [-0.05, 0) is 72.5 Å². The summed E-state index contributed by atoms with van der Waals surface area (Å²) in [5.74, 6) is 2.65. The molecule has 0 fully saturated rings. The highest BCUT2D eigenvalue weighted by Gasteiger charge is 2.32. The molecule has 0 spiro atoms. The predicted molar refractivity (Wildman–Crippen MR) is 163 cm³/mol. The minimum atomic E-state index is -0.595. The van der Waals surface area contributed by atoms with Crippen LogP contribution in [0.5, 0.6) is 23.0 Å². The molecule has 2 aromatic carbocycles. The first-order chi connectivity index (χ1) is 21.3. The summed E-state index contributed by atoms with van der Waals surface area (Å²) in [6.45, 7) is 2.18. The third-order valence-corrected chi connectivity index (χ3v) is 7.83. The summed E-state index contributed by atoms with van der Waals surface area (Å²) in [5.41, 5.74) is 3.78. The SMILES string of the molecule is COC1=CCC(OC(=O)c2cc(-c3ccc(OC)c(OC)c3)c3n2CCc2cc(OC)c(OC)cc2C3=O)=C(C)C=C1OC. The van der Waals surface area contributed by atoms with Gasteiger partial charge in [-0.25, -0.2) is 4.79 Å². The first-order valence-electron chi connectivity index (χ1n) is 14.0. The number of nitrogens with zero attached hydrogens (tertiary/aromatic N) is 1. The molecule has 0 atom stereocenters. The van der Waals surface area contributed by atoms with Crippen LogP contribution in [0.1, 0.15) is 45.4 Å². The monoisotopic (exact) mass is 601 g/mol. The number of hydrogen-bond donors (Lipinski definition) is 0. The van der Waals surface area contributed by atoms with Gasteiger partial charge in [-0.1, -0.05) is 6.07 Å². The summed E-state index contributed by atoms with van der Waals surface area (Å²) in [4.78, 5) is 28.3. The minimum absolute atomic E-state index is 0.237. The molecule has 5 rings (SSSR count). The molecule has 0 amide bonds. The van der Waals surface area contributed by atoms with Crippen LogP contribution in [-0.2, 0) is 27.2 Å². The molecule has 0 radical (unpaired) electrons. The Balaban J connectivity index is 1.65. The van der Waals surface area contributed by atoms with Crippen molar-refractivity contribution in [1.82, 2.24) is 4.57 Å². The van der Waals surface area contributed by atoms with Gasteiger partial charge in [0.2, 0.25) is 5.78 Å². The zero-order chi connectivity index (χ0) is 31.5. The van der Waals surface area contributed by atoms with Crippen LogP contribution in [0.2, 0.25) is 0 Å². The molecule has 0 saturated carbocycles. The molecule has 2 heterocycles. The quantitative estimate of drug-likeness (QED) is 0.279. The predicted octanol–water partition coefficient (Wildman–Crippen LogP) is 5.87. The first-order valence-corrected chi connectivity index (χ1v) is 14.0. The topological polar surface area (TPSA) is 104 Å². The summed E-state index contributed by atoms with van der Waals surface area (Å²) in [6.07, 6.45) is 4.34. The van der Waals surface area contributed by atoms with Crippen molar-refractivity contribution in [3.05, 3.63) is 93.9 Å². The molecule has 2 aliphatic rings. The zero-order valence-electron chi connectivity index (χ0n) is 25.9. The van der Waals surface area contributed by atoms with Gasteiger partial charge in [0.1, 0.15) is 11.5 Å². The highest BCUT2D eigenvalue weighted by molar-refractivity contribution is 6.14. The Morgan fingerprint density at radius 3 is 2.07 bits per heavy atom. The lowest BCUT2D eigenvalue weighted by molar-refractivity contribution is 0.0603. The van der Waals surface area contributed by atoms with Crippen LogP contribution >= 0.6 is 0 Å². The number of methoxy groups -OCH3 is 6. The number of carbonyl (C=O) groups excluding carboxylic acids is 2. The highest BCUT2D eigenvalue weighted by Crippen LogP contribution is 2.40. The van der Waals surface area contributed by atoms with Gasteiger partial charge in [-0.15, -0.1) is 0 Å². The molecule has 1 aromatic heterocycles. The normalized spacial score (nSPS) is 14.3. The molecule has 230 valence electrons. The van der Waals surface area contributed by atoms with Gasteiger partial charge < -0.3 is 37.7 Å². The first kappa shape index (κ1) is 30.3. The van der Waals surface area contributed by atoms with Crippen molar-refractivity contribution in [2.75, 3.05) is 42.7 Å². The van der Waals surface area contributed by atoms with E-state index in [9.17, 15) is 9.59 Å². The third kappa shape index (κ3) is 5.39. The van der Waals surface area contributed by atoms with Crippen LogP contribution in [0, 0.1) is 0 Å². The second-order valence-corrected chi connectivity index (χ2v) is 10.1. The summed E-state index contributed by atoms with van der Waals surface area (Å²) < 4.78 is 40.6. The molecule has 0 saturated heterocycles. The van der Waals surface area contributed by atoms with Crippen LogP contribution in [0.15, 0.2) is 71.4 Å². The molecule has 44 heavy (non-hydrogen) atoms. The summed E-state index contributed by atoms with van der Waals surface area (Å²) >= 11 is 0. The van der Waals surface area contributed by atoms with Gasteiger partial charge in [-0.3, -0.25) is 4.79 Å². The van der Waals surface area contributed by atoms with E-state index in [1.807, 2.05) is 19.1 Å². The largest absolute Gasteiger partial charge is 0.493 e. The van der Waals surface area contributed by atoms with E-state index in [0.717, 1.165) is 5.56 Å². The summed E-state index contributed by atoms with van der Waals surface area (Å²) in [5, 5.41) is 0. The van der Waals surface area contributed by atoms with Crippen molar-refractivity contribution in [1.29, 1.82) is 0 Å². The molecule has 10 heteroatoms. The van der Waals surface area contributed by atoms with Crippen molar-refractivity contribution in [2.24, 2.45) is 0 Å². The Kier molecular flexibility index (Phi) is 8.71. The lowest BCUT2D eigenvalue weighted by atomic mass is 9.96. The maximum Gasteiger partial charge on any atom is 0.360 e. The van der Waals surface area contributed by atoms with Crippen LogP contribution in [0.3, 0.4) is 0 Å². The van der Waals surface area contributed by atoms with Crippen LogP contribution in [-0.4, -0.2) is 59.0 Å². The number of benzene rings is 2. The van der Waals surface area contributed by atoms with E-state index in [1.54, 1.807) is 76.5 Å². The third-order valence-electron chi connectivity index (χ3n) is 7.83. The van der Waals surface area contributed by atoms with Crippen molar-refractivity contribution in [3.63, 3.8) is 0 Å². The second-order valence-electron chi connectivity index (χ2n) is 10.1. The molecule has 0 unspecified atom stereocenters. The number of rotatable bonds is 9. The Morgan fingerprint density at radius 1 is 0.750 bits per heavy atom. The van der Waals surface area contributed by atoms with E-state index in [1.165, 1.54) is 7.11 Å². The van der Waals surface area contributed by atoms with Crippen LogP contribution in [0.25, 0.3) is 11.1 Å². The molecular weight excluding hydrogens is 566 g/mol. The minimum Gasteiger partial charge on any atom is -0.493 e. The van der Waals surface area contributed by atoms with E-state index in [0.29, 0.717) is 87.6 Å². The Bertz CT molecular complexity index is 1720. The maximum absolute atomic E-state index is 14.4. The molecule has 0 N–H and O–H groups in total. The molecule has 3 aromatic rings. The molecular formula is C34H35NO9. The van der Waals surface area contributed by atoms with E-state index in [2.05, 4.69) is 0 Å². The maximum atomic E-state index is 14.4. The number of esters is 1. The van der Waals surface area contributed by atoms with Gasteiger partial charge in [0.05, 0.1) is 48.4 Å². The fourth-order valence-electron chi connectivity index (χ4n) is 5.54. The Morgan fingerprint density at radius 2 is 1.41 bits per heavy atom. The standard InChI is InChI=1S/C34H35NO9/c1-19-14-28(40-4)27(39-3)11-10-25(19)44-34(37)24-17-22(20-8-9-26(38-2)29(15-20)41-5)32-33(36)23-18-31(43-7)30(42-6)16-21(23)12-13-35(24)32/h8-9,11,14-18H,10,12-13H2,1-7H3. The fraction of sp³-hybridized carbons (Fsp3) is 0.294. The van der Waals surface area contributed by atoms with Gasteiger partial charge in [0.25, 0.3) is 0 Å². The van der Waals surface area contributed by atoms with E-state index in [-0.39, 0.29) is 11.5 Å². The van der Waals surface area contributed by atoms with E-state index >= 15 is 0 Å². The molecule has 1 aliphatic carbocycles. The number of aryl methyl sites for hydroxylation is 1. The highest BCUT2D eigenvalue weighted by atomic mass is 16.5. The average Bonchev–Trinajstić information content (AvgIpc) is 3.29. The average molecular weight is 602 g/mol. The number of aromatic nitrogens is 1. The van der Waals surface area contributed by atoms with Gasteiger partial charge in [-0.2, -0.15) is 0 Å². The lowest BCUT2D eigenvalue weighted by Gasteiger charge is -2.13. The molecule has 0 bridgehead atoms. The molecule has 1 aliphatic heterocycles. The number of allylic oxidation sites excluding steroid dienone is 3. The zero-order valence-corrected chi connectivity index (χ0v) is 25.9. The van der Waals surface area contributed by atoms with Gasteiger partial charge in [0, 0.05) is 24.1 Å². The van der Waals surface area contributed by atoms with Crippen LogP contribution < -0.4 is 18.9 Å². The smallest absolute Gasteiger partial charge is 0.360 e. The number of fused-ring (bicyclic) bond motifs is 2. The Labute approximate surface area is 256 Å². The van der Waals surface area contributed by atoms with Crippen LogP contribution in [0.4, 0.5) is 0 Å². The van der Waals surface area contributed by atoms with E-state index < -0.39 is 5.97 Å². The van der Waals surface area contributed by atoms with Crippen molar-refractivity contribution < 1.29 is 42.7 Å². The Hall–Kier alpha value is -5.12.